The summed E-state index contributed by atoms with van der Waals surface area (Å²) in [6.45, 7) is 1.29. The van der Waals surface area contributed by atoms with Crippen molar-refractivity contribution in [2.75, 3.05) is 16.8 Å². The average Bonchev–Trinajstić information content (AvgIpc) is 3.50. The van der Waals surface area contributed by atoms with E-state index in [-0.39, 0.29) is 23.7 Å². The number of hydrogen-bond acceptors (Lipinski definition) is 3. The van der Waals surface area contributed by atoms with Gasteiger partial charge >= 0.3 is 0 Å². The van der Waals surface area contributed by atoms with Crippen molar-refractivity contribution in [3.8, 4) is 0 Å². The van der Waals surface area contributed by atoms with Crippen LogP contribution in [0.15, 0.2) is 48.5 Å². The molecule has 3 N–H and O–H groups in total. The zero-order chi connectivity index (χ0) is 18.8. The molecule has 2 aliphatic rings. The van der Waals surface area contributed by atoms with Crippen LogP contribution in [0.1, 0.15) is 42.7 Å². The SMILES string of the molecule is NCc1cccc(C2CC2C(=O)Nc2ccc(N3CCCCC3=O)cc2)c1. The van der Waals surface area contributed by atoms with Crippen LogP contribution in [0.25, 0.3) is 0 Å². The molecule has 2 amide bonds. The van der Waals surface area contributed by atoms with Gasteiger partial charge in [-0.3, -0.25) is 9.59 Å². The van der Waals surface area contributed by atoms with Crippen molar-refractivity contribution in [1.29, 1.82) is 0 Å². The molecule has 4 rings (SSSR count). The van der Waals surface area contributed by atoms with E-state index in [9.17, 15) is 9.59 Å². The number of hydrogen-bond donors (Lipinski definition) is 2. The average molecular weight is 363 g/mol. The number of carbonyl (C=O) groups is 2. The number of nitrogens with two attached hydrogens (primary N) is 1. The van der Waals surface area contributed by atoms with Gasteiger partial charge in [-0.2, -0.15) is 0 Å². The molecule has 5 heteroatoms. The Kier molecular flexibility index (Phi) is 4.94. The van der Waals surface area contributed by atoms with E-state index in [0.717, 1.165) is 42.7 Å². The number of nitrogens with one attached hydrogen (secondary N) is 1. The van der Waals surface area contributed by atoms with Gasteiger partial charge in [0.05, 0.1) is 0 Å². The van der Waals surface area contributed by atoms with E-state index in [1.165, 1.54) is 5.56 Å². The van der Waals surface area contributed by atoms with Crippen molar-refractivity contribution in [3.63, 3.8) is 0 Å². The second-order valence-corrected chi connectivity index (χ2v) is 7.44. The maximum Gasteiger partial charge on any atom is 0.228 e. The standard InChI is InChI=1S/C22H25N3O2/c23-14-15-4-3-5-16(12-15)19-13-20(19)22(27)24-17-7-9-18(10-8-17)25-11-2-1-6-21(25)26/h3-5,7-10,12,19-20H,1-2,6,11,13-14,23H2,(H,24,27). The summed E-state index contributed by atoms with van der Waals surface area (Å²) in [7, 11) is 0. The molecule has 1 aliphatic carbocycles. The Morgan fingerprint density at radius 2 is 1.96 bits per heavy atom. The van der Waals surface area contributed by atoms with Crippen LogP contribution < -0.4 is 16.0 Å². The van der Waals surface area contributed by atoms with Gasteiger partial charge in [0.1, 0.15) is 0 Å². The van der Waals surface area contributed by atoms with Gasteiger partial charge in [-0.05, 0) is 60.6 Å². The number of nitrogens with zero attached hydrogens (tertiary/aromatic N) is 1. The predicted octanol–water partition coefficient (Wildman–Crippen LogP) is 3.40. The van der Waals surface area contributed by atoms with Crippen molar-refractivity contribution in [3.05, 3.63) is 59.7 Å². The van der Waals surface area contributed by atoms with Gasteiger partial charge < -0.3 is 16.0 Å². The van der Waals surface area contributed by atoms with Gasteiger partial charge in [0.25, 0.3) is 0 Å². The molecule has 1 aliphatic heterocycles. The lowest BCUT2D eigenvalue weighted by molar-refractivity contribution is -0.119. The van der Waals surface area contributed by atoms with Crippen LogP contribution in [0.3, 0.4) is 0 Å². The van der Waals surface area contributed by atoms with Crippen LogP contribution in [-0.4, -0.2) is 18.4 Å². The first-order valence-electron chi connectivity index (χ1n) is 9.66. The number of benzene rings is 2. The molecule has 0 radical (unpaired) electrons. The molecule has 0 spiro atoms. The van der Waals surface area contributed by atoms with Gasteiger partial charge in [-0.25, -0.2) is 0 Å². The number of piperidine rings is 1. The van der Waals surface area contributed by atoms with Crippen LogP contribution in [0.2, 0.25) is 0 Å². The molecule has 5 nitrogen and oxygen atoms in total. The summed E-state index contributed by atoms with van der Waals surface area (Å²) in [5.74, 6) is 0.529. The number of carbonyl (C=O) groups excluding carboxylic acids is 2. The third-order valence-electron chi connectivity index (χ3n) is 5.51. The minimum atomic E-state index is 0.0152. The maximum absolute atomic E-state index is 12.6. The lowest BCUT2D eigenvalue weighted by Gasteiger charge is -2.26. The monoisotopic (exact) mass is 363 g/mol. The molecule has 27 heavy (non-hydrogen) atoms. The lowest BCUT2D eigenvalue weighted by atomic mass is 10.1. The highest BCUT2D eigenvalue weighted by Gasteiger charge is 2.43. The Morgan fingerprint density at radius 1 is 1.15 bits per heavy atom. The van der Waals surface area contributed by atoms with Gasteiger partial charge in [0.15, 0.2) is 0 Å². The van der Waals surface area contributed by atoms with Crippen molar-refractivity contribution >= 4 is 23.2 Å². The normalized spacial score (nSPS) is 21.8. The molecule has 2 unspecified atom stereocenters. The van der Waals surface area contributed by atoms with E-state index in [1.807, 2.05) is 41.3 Å². The number of anilines is 2. The molecule has 1 saturated carbocycles. The fraction of sp³-hybridized carbons (Fsp3) is 0.364. The van der Waals surface area contributed by atoms with E-state index in [0.29, 0.717) is 13.0 Å². The van der Waals surface area contributed by atoms with Crippen LogP contribution >= 0.6 is 0 Å². The molecule has 0 aromatic heterocycles. The second kappa shape index (κ2) is 7.53. The Hall–Kier alpha value is -2.66. The third kappa shape index (κ3) is 3.88. The summed E-state index contributed by atoms with van der Waals surface area (Å²) >= 11 is 0. The largest absolute Gasteiger partial charge is 0.326 e. The first-order valence-corrected chi connectivity index (χ1v) is 9.66. The van der Waals surface area contributed by atoms with Crippen LogP contribution in [-0.2, 0) is 16.1 Å². The number of rotatable bonds is 5. The van der Waals surface area contributed by atoms with Crippen LogP contribution in [0, 0.1) is 5.92 Å². The smallest absolute Gasteiger partial charge is 0.228 e. The fourth-order valence-corrected chi connectivity index (χ4v) is 3.84. The molecular formula is C22H25N3O2. The summed E-state index contributed by atoms with van der Waals surface area (Å²) in [5.41, 5.74) is 9.67. The molecule has 2 fully saturated rings. The second-order valence-electron chi connectivity index (χ2n) is 7.44. The highest BCUT2D eigenvalue weighted by molar-refractivity contribution is 5.96. The van der Waals surface area contributed by atoms with E-state index < -0.39 is 0 Å². The molecule has 140 valence electrons. The Bertz CT molecular complexity index is 847. The number of amides is 2. The summed E-state index contributed by atoms with van der Waals surface area (Å²) in [4.78, 5) is 26.4. The molecule has 0 bridgehead atoms. The van der Waals surface area contributed by atoms with E-state index in [2.05, 4.69) is 17.4 Å². The van der Waals surface area contributed by atoms with Gasteiger partial charge in [0.2, 0.25) is 11.8 Å². The van der Waals surface area contributed by atoms with Gasteiger partial charge in [0, 0.05) is 36.8 Å². The van der Waals surface area contributed by atoms with Crippen molar-refractivity contribution in [1.82, 2.24) is 0 Å². The summed E-state index contributed by atoms with van der Waals surface area (Å²) in [6, 6.07) is 15.8. The Morgan fingerprint density at radius 3 is 2.70 bits per heavy atom. The molecule has 2 aromatic rings. The highest BCUT2D eigenvalue weighted by atomic mass is 16.2. The summed E-state index contributed by atoms with van der Waals surface area (Å²) in [6.07, 6.45) is 3.51. The Balaban J connectivity index is 1.37. The molecule has 1 heterocycles. The molecule has 1 saturated heterocycles. The quantitative estimate of drug-likeness (QED) is 0.855. The summed E-state index contributed by atoms with van der Waals surface area (Å²) < 4.78 is 0. The summed E-state index contributed by atoms with van der Waals surface area (Å²) in [5, 5.41) is 3.01. The lowest BCUT2D eigenvalue weighted by Crippen LogP contribution is -2.35. The zero-order valence-electron chi connectivity index (χ0n) is 15.4. The first kappa shape index (κ1) is 17.7. The van der Waals surface area contributed by atoms with Crippen LogP contribution in [0.5, 0.6) is 0 Å². The third-order valence-corrected chi connectivity index (χ3v) is 5.51. The van der Waals surface area contributed by atoms with E-state index >= 15 is 0 Å². The highest BCUT2D eigenvalue weighted by Crippen LogP contribution is 2.48. The van der Waals surface area contributed by atoms with Crippen molar-refractivity contribution in [2.24, 2.45) is 11.7 Å². The molecular weight excluding hydrogens is 338 g/mol. The minimum Gasteiger partial charge on any atom is -0.326 e. The Labute approximate surface area is 159 Å². The van der Waals surface area contributed by atoms with Crippen molar-refractivity contribution in [2.45, 2.75) is 38.1 Å². The van der Waals surface area contributed by atoms with Gasteiger partial charge in [-0.15, -0.1) is 0 Å². The van der Waals surface area contributed by atoms with Crippen molar-refractivity contribution < 1.29 is 9.59 Å². The minimum absolute atomic E-state index is 0.0152. The maximum atomic E-state index is 12.6. The van der Waals surface area contributed by atoms with Crippen LogP contribution in [0.4, 0.5) is 11.4 Å². The zero-order valence-corrected chi connectivity index (χ0v) is 15.4. The topological polar surface area (TPSA) is 75.4 Å². The fourth-order valence-electron chi connectivity index (χ4n) is 3.84. The van der Waals surface area contributed by atoms with E-state index in [1.54, 1.807) is 0 Å². The van der Waals surface area contributed by atoms with Gasteiger partial charge in [-0.1, -0.05) is 24.3 Å². The first-order chi connectivity index (χ1) is 13.2. The molecule has 2 aromatic carbocycles. The predicted molar refractivity (Wildman–Crippen MR) is 106 cm³/mol. The molecule has 2 atom stereocenters. The van der Waals surface area contributed by atoms with E-state index in [4.69, 9.17) is 5.73 Å².